The van der Waals surface area contributed by atoms with Crippen LogP contribution in [0.25, 0.3) is 0 Å². The van der Waals surface area contributed by atoms with Crippen LogP contribution in [0.4, 0.5) is 0 Å². The van der Waals surface area contributed by atoms with E-state index in [2.05, 4.69) is 33.0 Å². The van der Waals surface area contributed by atoms with E-state index < -0.39 is 0 Å². The van der Waals surface area contributed by atoms with Crippen molar-refractivity contribution in [2.75, 3.05) is 6.54 Å². The second-order valence-electron chi connectivity index (χ2n) is 6.06. The molecule has 0 saturated carbocycles. The van der Waals surface area contributed by atoms with Gasteiger partial charge in [-0.2, -0.15) is 0 Å². The Kier molecular flexibility index (Phi) is 13.4. The van der Waals surface area contributed by atoms with Crippen LogP contribution < -0.4 is 5.32 Å². The first-order valence-corrected chi connectivity index (χ1v) is 8.44. The van der Waals surface area contributed by atoms with Crippen molar-refractivity contribution < 1.29 is 0 Å². The zero-order valence-electron chi connectivity index (χ0n) is 13.4. The first kappa shape index (κ1) is 18.0. The van der Waals surface area contributed by atoms with Gasteiger partial charge in [-0.3, -0.25) is 0 Å². The molecule has 18 heavy (non-hydrogen) atoms. The monoisotopic (exact) mass is 255 g/mol. The molecule has 0 fully saturated rings. The van der Waals surface area contributed by atoms with Crippen molar-refractivity contribution in [2.24, 2.45) is 5.92 Å². The Balaban J connectivity index is 3.22. The Morgan fingerprint density at radius 1 is 0.778 bits per heavy atom. The van der Waals surface area contributed by atoms with E-state index in [1.54, 1.807) is 0 Å². The van der Waals surface area contributed by atoms with Crippen LogP contribution in [0.2, 0.25) is 0 Å². The Hall–Kier alpha value is -0.0400. The first-order chi connectivity index (χ1) is 8.70. The summed E-state index contributed by atoms with van der Waals surface area (Å²) in [5.41, 5.74) is 0. The van der Waals surface area contributed by atoms with Crippen molar-refractivity contribution in [2.45, 2.75) is 97.9 Å². The standard InChI is InChI=1S/C17H37N/c1-5-7-8-9-10-11-12-13-14-16(3)15-17(4)18-6-2/h16-18H,5-15H2,1-4H3. The molecule has 0 aromatic heterocycles. The number of rotatable bonds is 13. The number of hydrogen-bond acceptors (Lipinski definition) is 1. The van der Waals surface area contributed by atoms with Crippen LogP contribution in [0.3, 0.4) is 0 Å². The van der Waals surface area contributed by atoms with Crippen molar-refractivity contribution in [1.82, 2.24) is 5.32 Å². The van der Waals surface area contributed by atoms with E-state index in [0.29, 0.717) is 6.04 Å². The lowest BCUT2D eigenvalue weighted by atomic mass is 9.96. The van der Waals surface area contributed by atoms with E-state index in [4.69, 9.17) is 0 Å². The second kappa shape index (κ2) is 13.4. The topological polar surface area (TPSA) is 12.0 Å². The average Bonchev–Trinajstić information content (AvgIpc) is 2.32. The molecule has 0 radical (unpaired) electrons. The molecule has 1 nitrogen and oxygen atoms in total. The van der Waals surface area contributed by atoms with Crippen LogP contribution in [0.1, 0.15) is 91.9 Å². The summed E-state index contributed by atoms with van der Waals surface area (Å²) in [7, 11) is 0. The highest BCUT2D eigenvalue weighted by molar-refractivity contribution is 4.64. The van der Waals surface area contributed by atoms with Crippen LogP contribution in [0.5, 0.6) is 0 Å². The van der Waals surface area contributed by atoms with Crippen LogP contribution in [-0.4, -0.2) is 12.6 Å². The summed E-state index contributed by atoms with van der Waals surface area (Å²) in [5, 5.41) is 3.51. The van der Waals surface area contributed by atoms with Crippen LogP contribution in [0, 0.1) is 5.92 Å². The molecular formula is C17H37N. The van der Waals surface area contributed by atoms with Gasteiger partial charge in [0.1, 0.15) is 0 Å². The van der Waals surface area contributed by atoms with Gasteiger partial charge < -0.3 is 5.32 Å². The maximum atomic E-state index is 3.51. The van der Waals surface area contributed by atoms with Crippen molar-refractivity contribution in [1.29, 1.82) is 0 Å². The number of unbranched alkanes of at least 4 members (excludes halogenated alkanes) is 7. The molecule has 2 atom stereocenters. The van der Waals surface area contributed by atoms with Gasteiger partial charge in [0, 0.05) is 6.04 Å². The van der Waals surface area contributed by atoms with E-state index in [-0.39, 0.29) is 0 Å². The normalized spacial score (nSPS) is 14.7. The SMILES string of the molecule is CCCCCCCCCCC(C)CC(C)NCC. The highest BCUT2D eigenvalue weighted by atomic mass is 14.9. The summed E-state index contributed by atoms with van der Waals surface area (Å²) < 4.78 is 0. The summed E-state index contributed by atoms with van der Waals surface area (Å²) in [6, 6.07) is 0.694. The minimum Gasteiger partial charge on any atom is -0.315 e. The van der Waals surface area contributed by atoms with Crippen molar-refractivity contribution in [3.05, 3.63) is 0 Å². The summed E-state index contributed by atoms with van der Waals surface area (Å²) in [4.78, 5) is 0. The molecule has 0 aliphatic rings. The molecule has 0 aromatic rings. The fourth-order valence-electron chi connectivity index (χ4n) is 2.78. The van der Waals surface area contributed by atoms with Crippen molar-refractivity contribution in [3.63, 3.8) is 0 Å². The summed E-state index contributed by atoms with van der Waals surface area (Å²) in [6.07, 6.45) is 14.3. The molecule has 0 spiro atoms. The highest BCUT2D eigenvalue weighted by Gasteiger charge is 2.07. The van der Waals surface area contributed by atoms with Crippen molar-refractivity contribution in [3.8, 4) is 0 Å². The highest BCUT2D eigenvalue weighted by Crippen LogP contribution is 2.16. The minimum atomic E-state index is 0.694. The van der Waals surface area contributed by atoms with Crippen LogP contribution >= 0.6 is 0 Å². The summed E-state index contributed by atoms with van der Waals surface area (Å²) >= 11 is 0. The zero-order valence-corrected chi connectivity index (χ0v) is 13.4. The second-order valence-corrected chi connectivity index (χ2v) is 6.06. The Labute approximate surface area is 116 Å². The molecule has 0 saturated heterocycles. The Morgan fingerprint density at radius 2 is 1.33 bits per heavy atom. The smallest absolute Gasteiger partial charge is 0.00411 e. The Morgan fingerprint density at radius 3 is 1.89 bits per heavy atom. The predicted octanol–water partition coefficient (Wildman–Crippen LogP) is 5.54. The van der Waals surface area contributed by atoms with E-state index >= 15 is 0 Å². The molecule has 1 N–H and O–H groups in total. The molecule has 0 aromatic carbocycles. The molecule has 1 heteroatoms. The third-order valence-electron chi connectivity index (χ3n) is 3.86. The molecule has 2 unspecified atom stereocenters. The molecule has 0 heterocycles. The van der Waals surface area contributed by atoms with Gasteiger partial charge in [0.15, 0.2) is 0 Å². The molecule has 0 bridgehead atoms. The van der Waals surface area contributed by atoms with E-state index in [1.165, 1.54) is 64.2 Å². The zero-order chi connectivity index (χ0) is 13.6. The lowest BCUT2D eigenvalue weighted by Gasteiger charge is -2.17. The molecule has 0 amide bonds. The fourth-order valence-corrected chi connectivity index (χ4v) is 2.78. The van der Waals surface area contributed by atoms with Crippen LogP contribution in [-0.2, 0) is 0 Å². The molecule has 0 aliphatic carbocycles. The van der Waals surface area contributed by atoms with Gasteiger partial charge in [0.2, 0.25) is 0 Å². The van der Waals surface area contributed by atoms with Gasteiger partial charge in [-0.1, -0.05) is 78.6 Å². The number of hydrogen-bond donors (Lipinski definition) is 1. The van der Waals surface area contributed by atoms with E-state index in [0.717, 1.165) is 12.5 Å². The molecular weight excluding hydrogens is 218 g/mol. The first-order valence-electron chi connectivity index (χ1n) is 8.44. The third kappa shape index (κ3) is 12.4. The largest absolute Gasteiger partial charge is 0.315 e. The maximum absolute atomic E-state index is 3.51. The van der Waals surface area contributed by atoms with Crippen LogP contribution in [0.15, 0.2) is 0 Å². The molecule has 0 rings (SSSR count). The van der Waals surface area contributed by atoms with E-state index in [9.17, 15) is 0 Å². The van der Waals surface area contributed by atoms with Gasteiger partial charge in [0.05, 0.1) is 0 Å². The summed E-state index contributed by atoms with van der Waals surface area (Å²) in [5.74, 6) is 0.888. The van der Waals surface area contributed by atoms with Gasteiger partial charge >= 0.3 is 0 Å². The van der Waals surface area contributed by atoms with Gasteiger partial charge in [-0.15, -0.1) is 0 Å². The Bertz CT molecular complexity index is 156. The van der Waals surface area contributed by atoms with Gasteiger partial charge in [-0.25, -0.2) is 0 Å². The number of nitrogens with one attached hydrogen (secondary N) is 1. The lowest BCUT2D eigenvalue weighted by Crippen LogP contribution is -2.27. The maximum Gasteiger partial charge on any atom is 0.00411 e. The van der Waals surface area contributed by atoms with Gasteiger partial charge in [0.25, 0.3) is 0 Å². The van der Waals surface area contributed by atoms with E-state index in [1.807, 2.05) is 0 Å². The molecule has 0 aliphatic heterocycles. The quantitative estimate of drug-likeness (QED) is 0.426. The lowest BCUT2D eigenvalue weighted by molar-refractivity contribution is 0.393. The third-order valence-corrected chi connectivity index (χ3v) is 3.86. The summed E-state index contributed by atoms with van der Waals surface area (Å²) in [6.45, 7) is 10.3. The molecule has 110 valence electrons. The average molecular weight is 255 g/mol. The minimum absolute atomic E-state index is 0.694. The fraction of sp³-hybridized carbons (Fsp3) is 1.00. The van der Waals surface area contributed by atoms with Crippen molar-refractivity contribution >= 4 is 0 Å². The van der Waals surface area contributed by atoms with Gasteiger partial charge in [-0.05, 0) is 25.8 Å². The predicted molar refractivity (Wildman–Crippen MR) is 84.1 cm³/mol.